The first-order valence-electron chi connectivity index (χ1n) is 7.65. The first-order chi connectivity index (χ1) is 11.9. The first kappa shape index (κ1) is 17.2. The van der Waals surface area contributed by atoms with E-state index >= 15 is 0 Å². The summed E-state index contributed by atoms with van der Waals surface area (Å²) < 4.78 is 13.1. The fourth-order valence-corrected chi connectivity index (χ4v) is 3.03. The molecule has 0 spiro atoms. The fraction of sp³-hybridized carbons (Fsp3) is 0.158. The predicted molar refractivity (Wildman–Crippen MR) is 97.0 cm³/mol. The van der Waals surface area contributed by atoms with Gasteiger partial charge in [0.2, 0.25) is 0 Å². The van der Waals surface area contributed by atoms with Gasteiger partial charge in [-0.2, -0.15) is 0 Å². The van der Waals surface area contributed by atoms with Crippen LogP contribution in [0, 0.1) is 12.7 Å². The lowest BCUT2D eigenvalue weighted by atomic mass is 10.0. The minimum Gasteiger partial charge on any atom is -0.478 e. The van der Waals surface area contributed by atoms with Gasteiger partial charge in [-0.15, -0.1) is 0 Å². The zero-order valence-corrected chi connectivity index (χ0v) is 14.5. The van der Waals surface area contributed by atoms with Crippen LogP contribution >= 0.6 is 11.6 Å². The zero-order chi connectivity index (χ0) is 18.1. The Kier molecular flexibility index (Phi) is 4.59. The third-order valence-electron chi connectivity index (χ3n) is 4.14. The summed E-state index contributed by atoms with van der Waals surface area (Å²) in [5.41, 5.74) is 3.00. The van der Waals surface area contributed by atoms with E-state index in [1.807, 2.05) is 11.8 Å². The second kappa shape index (κ2) is 6.69. The van der Waals surface area contributed by atoms with Crippen molar-refractivity contribution in [1.29, 1.82) is 0 Å². The molecule has 4 nitrogen and oxygen atoms in total. The third kappa shape index (κ3) is 3.28. The van der Waals surface area contributed by atoms with Crippen LogP contribution in [-0.2, 0) is 6.54 Å². The quantitative estimate of drug-likeness (QED) is 0.736. The highest BCUT2D eigenvalue weighted by molar-refractivity contribution is 6.32. The molecule has 0 unspecified atom stereocenters. The standard InChI is InChI=1S/C19H16ClFN2O2/c1-11-16(20)8-7-14-17(11)22-9-15(19(24)25)18(14)23(2)10-12-3-5-13(21)6-4-12/h3-9H,10H2,1-2H3,(H,24,25). The lowest BCUT2D eigenvalue weighted by Crippen LogP contribution is -2.20. The first-order valence-corrected chi connectivity index (χ1v) is 8.03. The highest BCUT2D eigenvalue weighted by Gasteiger charge is 2.19. The Morgan fingerprint density at radius 1 is 1.24 bits per heavy atom. The number of pyridine rings is 1. The molecule has 0 aliphatic carbocycles. The van der Waals surface area contributed by atoms with E-state index in [1.165, 1.54) is 18.3 Å². The molecule has 6 heteroatoms. The van der Waals surface area contributed by atoms with Crippen LogP contribution in [0.25, 0.3) is 10.9 Å². The van der Waals surface area contributed by atoms with Gasteiger partial charge in [-0.3, -0.25) is 4.98 Å². The number of fused-ring (bicyclic) bond motifs is 1. The van der Waals surface area contributed by atoms with Crippen molar-refractivity contribution in [3.8, 4) is 0 Å². The van der Waals surface area contributed by atoms with Crippen molar-refractivity contribution in [2.45, 2.75) is 13.5 Å². The molecular formula is C19H16ClFN2O2. The summed E-state index contributed by atoms with van der Waals surface area (Å²) in [6, 6.07) is 9.64. The van der Waals surface area contributed by atoms with Gasteiger partial charge in [-0.1, -0.05) is 23.7 Å². The second-order valence-electron chi connectivity index (χ2n) is 5.88. The lowest BCUT2D eigenvalue weighted by molar-refractivity contribution is 0.0697. The van der Waals surface area contributed by atoms with Gasteiger partial charge in [0.15, 0.2) is 0 Å². The monoisotopic (exact) mass is 358 g/mol. The smallest absolute Gasteiger partial charge is 0.339 e. The lowest BCUT2D eigenvalue weighted by Gasteiger charge is -2.23. The number of anilines is 1. The van der Waals surface area contributed by atoms with Crippen LogP contribution < -0.4 is 4.90 Å². The molecule has 25 heavy (non-hydrogen) atoms. The molecule has 0 saturated carbocycles. The number of benzene rings is 2. The molecule has 0 saturated heterocycles. The van der Waals surface area contributed by atoms with E-state index in [4.69, 9.17) is 11.6 Å². The molecular weight excluding hydrogens is 343 g/mol. The van der Waals surface area contributed by atoms with Crippen molar-refractivity contribution >= 4 is 34.2 Å². The van der Waals surface area contributed by atoms with Gasteiger partial charge in [0, 0.05) is 30.2 Å². The molecule has 0 amide bonds. The van der Waals surface area contributed by atoms with Gasteiger partial charge in [0.05, 0.1) is 11.2 Å². The van der Waals surface area contributed by atoms with Crippen LogP contribution in [0.2, 0.25) is 5.02 Å². The highest BCUT2D eigenvalue weighted by atomic mass is 35.5. The van der Waals surface area contributed by atoms with E-state index in [1.54, 1.807) is 31.3 Å². The number of carboxylic acid groups (broad SMARTS) is 1. The van der Waals surface area contributed by atoms with Crippen molar-refractivity contribution in [3.63, 3.8) is 0 Å². The number of carbonyl (C=O) groups is 1. The molecule has 0 aliphatic rings. The van der Waals surface area contributed by atoms with E-state index in [0.717, 1.165) is 11.1 Å². The number of aromatic nitrogens is 1. The molecule has 128 valence electrons. The van der Waals surface area contributed by atoms with Crippen molar-refractivity contribution < 1.29 is 14.3 Å². The minimum absolute atomic E-state index is 0.110. The second-order valence-corrected chi connectivity index (χ2v) is 6.28. The molecule has 3 rings (SSSR count). The summed E-state index contributed by atoms with van der Waals surface area (Å²) in [4.78, 5) is 17.8. The number of halogens is 2. The number of carboxylic acids is 1. The fourth-order valence-electron chi connectivity index (χ4n) is 2.88. The van der Waals surface area contributed by atoms with Gasteiger partial charge < -0.3 is 10.0 Å². The van der Waals surface area contributed by atoms with Crippen LogP contribution in [0.3, 0.4) is 0 Å². The maximum Gasteiger partial charge on any atom is 0.339 e. The van der Waals surface area contributed by atoms with E-state index in [9.17, 15) is 14.3 Å². The van der Waals surface area contributed by atoms with Crippen molar-refractivity contribution in [1.82, 2.24) is 4.98 Å². The number of hydrogen-bond acceptors (Lipinski definition) is 3. The number of aromatic carboxylic acids is 1. The van der Waals surface area contributed by atoms with Gasteiger partial charge in [-0.25, -0.2) is 9.18 Å². The highest BCUT2D eigenvalue weighted by Crippen LogP contribution is 2.33. The van der Waals surface area contributed by atoms with Gasteiger partial charge in [0.25, 0.3) is 0 Å². The molecule has 0 radical (unpaired) electrons. The molecule has 0 fully saturated rings. The third-order valence-corrected chi connectivity index (χ3v) is 4.55. The molecule has 3 aromatic rings. The van der Waals surface area contributed by atoms with Crippen molar-refractivity contribution in [2.75, 3.05) is 11.9 Å². The maximum absolute atomic E-state index is 13.1. The molecule has 1 N–H and O–H groups in total. The summed E-state index contributed by atoms with van der Waals surface area (Å²) in [5, 5.41) is 10.9. The van der Waals surface area contributed by atoms with Gasteiger partial charge >= 0.3 is 5.97 Å². The normalized spacial score (nSPS) is 10.9. The van der Waals surface area contributed by atoms with Crippen molar-refractivity contribution in [2.24, 2.45) is 0 Å². The SMILES string of the molecule is Cc1c(Cl)ccc2c(N(C)Cc3ccc(F)cc3)c(C(=O)O)cnc12. The molecule has 0 bridgehead atoms. The van der Waals surface area contributed by atoms with Crippen LogP contribution in [0.1, 0.15) is 21.5 Å². The van der Waals surface area contributed by atoms with Crippen LogP contribution in [0.5, 0.6) is 0 Å². The average molecular weight is 359 g/mol. The van der Waals surface area contributed by atoms with Gasteiger partial charge in [0.1, 0.15) is 11.4 Å². The average Bonchev–Trinajstić information content (AvgIpc) is 2.59. The number of aryl methyl sites for hydroxylation is 1. The van der Waals surface area contributed by atoms with E-state index in [2.05, 4.69) is 4.98 Å². The molecule has 1 heterocycles. The van der Waals surface area contributed by atoms with E-state index in [0.29, 0.717) is 28.2 Å². The summed E-state index contributed by atoms with van der Waals surface area (Å²) >= 11 is 6.16. The Labute approximate surface area is 149 Å². The summed E-state index contributed by atoms with van der Waals surface area (Å²) in [7, 11) is 1.80. The predicted octanol–water partition coefficient (Wildman–Crippen LogP) is 4.67. The van der Waals surface area contributed by atoms with E-state index in [-0.39, 0.29) is 11.4 Å². The number of nitrogens with zero attached hydrogens (tertiary/aromatic N) is 2. The maximum atomic E-state index is 13.1. The Morgan fingerprint density at radius 3 is 2.56 bits per heavy atom. The Morgan fingerprint density at radius 2 is 1.92 bits per heavy atom. The number of rotatable bonds is 4. The van der Waals surface area contributed by atoms with Crippen LogP contribution in [0.15, 0.2) is 42.6 Å². The van der Waals surface area contributed by atoms with Crippen LogP contribution in [0.4, 0.5) is 10.1 Å². The Hall–Kier alpha value is -2.66. The van der Waals surface area contributed by atoms with Gasteiger partial charge in [-0.05, 0) is 42.3 Å². The van der Waals surface area contributed by atoms with Crippen LogP contribution in [-0.4, -0.2) is 23.1 Å². The van der Waals surface area contributed by atoms with Crippen molar-refractivity contribution in [3.05, 3.63) is 70.1 Å². The molecule has 0 aliphatic heterocycles. The minimum atomic E-state index is -1.05. The molecule has 2 aromatic carbocycles. The Bertz CT molecular complexity index is 958. The Balaban J connectivity index is 2.14. The largest absolute Gasteiger partial charge is 0.478 e. The molecule has 0 atom stereocenters. The number of hydrogen-bond donors (Lipinski definition) is 1. The zero-order valence-electron chi connectivity index (χ0n) is 13.8. The topological polar surface area (TPSA) is 53.4 Å². The molecule has 1 aromatic heterocycles. The summed E-state index contributed by atoms with van der Waals surface area (Å²) in [5.74, 6) is -1.36. The summed E-state index contributed by atoms with van der Waals surface area (Å²) in [6.45, 7) is 2.28. The van der Waals surface area contributed by atoms with E-state index < -0.39 is 5.97 Å². The summed E-state index contributed by atoms with van der Waals surface area (Å²) in [6.07, 6.45) is 1.35.